The van der Waals surface area contributed by atoms with E-state index in [1.807, 2.05) is 0 Å². The summed E-state index contributed by atoms with van der Waals surface area (Å²) in [6, 6.07) is 0.323. The van der Waals surface area contributed by atoms with Crippen molar-refractivity contribution in [3.63, 3.8) is 0 Å². The monoisotopic (exact) mass is 170 g/mol. The van der Waals surface area contributed by atoms with Crippen LogP contribution in [-0.4, -0.2) is 11.9 Å². The molecule has 1 unspecified atom stereocenters. The largest absolute Gasteiger partial charge is 0.387 e. The standard InChI is InChI=1S/C10H22N2/c1-7(2)8(3)12-9(11)10(4,5)6/h7-8H,1-6H3,(H2,11,12). The summed E-state index contributed by atoms with van der Waals surface area (Å²) in [6.45, 7) is 12.7. The summed E-state index contributed by atoms with van der Waals surface area (Å²) in [7, 11) is 0. The molecule has 0 aliphatic rings. The van der Waals surface area contributed by atoms with E-state index in [-0.39, 0.29) is 5.41 Å². The number of amidine groups is 1. The zero-order valence-electron chi connectivity index (χ0n) is 9.18. The maximum atomic E-state index is 5.84. The average Bonchev–Trinajstić information content (AvgIpc) is 1.85. The Morgan fingerprint density at radius 2 is 1.58 bits per heavy atom. The molecule has 0 aliphatic carbocycles. The molecule has 2 nitrogen and oxygen atoms in total. The minimum atomic E-state index is 0.00313. The van der Waals surface area contributed by atoms with Crippen LogP contribution in [0.4, 0.5) is 0 Å². The fourth-order valence-electron chi connectivity index (χ4n) is 0.562. The molecule has 0 aromatic carbocycles. The summed E-state index contributed by atoms with van der Waals surface area (Å²) in [5, 5.41) is 0. The maximum absolute atomic E-state index is 5.84. The second-order valence-corrected chi connectivity index (χ2v) is 4.75. The van der Waals surface area contributed by atoms with Crippen LogP contribution in [-0.2, 0) is 0 Å². The summed E-state index contributed by atoms with van der Waals surface area (Å²) in [4.78, 5) is 4.44. The van der Waals surface area contributed by atoms with Crippen LogP contribution >= 0.6 is 0 Å². The molecule has 0 aromatic heterocycles. The molecule has 72 valence electrons. The van der Waals surface area contributed by atoms with Gasteiger partial charge in [0.1, 0.15) is 0 Å². The highest BCUT2D eigenvalue weighted by Gasteiger charge is 2.16. The molecular formula is C10H22N2. The van der Waals surface area contributed by atoms with Crippen LogP contribution in [0.1, 0.15) is 41.5 Å². The van der Waals surface area contributed by atoms with E-state index in [9.17, 15) is 0 Å². The summed E-state index contributed by atoms with van der Waals surface area (Å²) in [5.41, 5.74) is 5.84. The minimum absolute atomic E-state index is 0.00313. The Kier molecular flexibility index (Phi) is 3.75. The Balaban J connectivity index is 4.36. The fourth-order valence-corrected chi connectivity index (χ4v) is 0.562. The van der Waals surface area contributed by atoms with Crippen molar-refractivity contribution in [2.75, 3.05) is 0 Å². The molecule has 1 atom stereocenters. The Morgan fingerprint density at radius 3 is 1.83 bits per heavy atom. The number of rotatable bonds is 2. The summed E-state index contributed by atoms with van der Waals surface area (Å²) < 4.78 is 0. The molecule has 0 fully saturated rings. The van der Waals surface area contributed by atoms with Gasteiger partial charge in [0.25, 0.3) is 0 Å². The fraction of sp³-hybridized carbons (Fsp3) is 0.900. The number of nitrogens with zero attached hydrogens (tertiary/aromatic N) is 1. The average molecular weight is 170 g/mol. The van der Waals surface area contributed by atoms with E-state index in [4.69, 9.17) is 5.73 Å². The zero-order valence-corrected chi connectivity index (χ0v) is 9.18. The van der Waals surface area contributed by atoms with Crippen LogP contribution in [0.15, 0.2) is 4.99 Å². The van der Waals surface area contributed by atoms with Crippen molar-refractivity contribution < 1.29 is 0 Å². The molecular weight excluding hydrogens is 148 g/mol. The summed E-state index contributed by atoms with van der Waals surface area (Å²) in [6.07, 6.45) is 0. The van der Waals surface area contributed by atoms with E-state index < -0.39 is 0 Å². The number of hydrogen-bond acceptors (Lipinski definition) is 1. The predicted molar refractivity (Wildman–Crippen MR) is 55.4 cm³/mol. The molecule has 0 saturated carbocycles. The van der Waals surface area contributed by atoms with Crippen molar-refractivity contribution in [3.8, 4) is 0 Å². The van der Waals surface area contributed by atoms with Crippen molar-refractivity contribution in [1.29, 1.82) is 0 Å². The molecule has 0 radical (unpaired) electrons. The first-order chi connectivity index (χ1) is 5.25. The van der Waals surface area contributed by atoms with Crippen LogP contribution in [0.3, 0.4) is 0 Å². The highest BCUT2D eigenvalue weighted by molar-refractivity contribution is 5.85. The van der Waals surface area contributed by atoms with E-state index in [1.54, 1.807) is 0 Å². The molecule has 0 aromatic rings. The van der Waals surface area contributed by atoms with Crippen LogP contribution in [0.2, 0.25) is 0 Å². The van der Waals surface area contributed by atoms with E-state index in [0.29, 0.717) is 12.0 Å². The molecule has 12 heavy (non-hydrogen) atoms. The van der Waals surface area contributed by atoms with Crippen molar-refractivity contribution in [2.24, 2.45) is 22.1 Å². The Hall–Kier alpha value is -0.530. The summed E-state index contributed by atoms with van der Waals surface area (Å²) in [5.74, 6) is 1.31. The van der Waals surface area contributed by atoms with E-state index in [1.165, 1.54) is 0 Å². The second-order valence-electron chi connectivity index (χ2n) is 4.75. The first-order valence-electron chi connectivity index (χ1n) is 4.59. The first-order valence-corrected chi connectivity index (χ1v) is 4.59. The number of hydrogen-bond donors (Lipinski definition) is 1. The third kappa shape index (κ3) is 3.74. The van der Waals surface area contributed by atoms with E-state index >= 15 is 0 Å². The lowest BCUT2D eigenvalue weighted by Gasteiger charge is -2.20. The molecule has 0 spiro atoms. The van der Waals surface area contributed by atoms with Gasteiger partial charge in [-0.05, 0) is 12.8 Å². The van der Waals surface area contributed by atoms with Crippen LogP contribution in [0, 0.1) is 11.3 Å². The van der Waals surface area contributed by atoms with Gasteiger partial charge in [-0.3, -0.25) is 4.99 Å². The predicted octanol–water partition coefficient (Wildman–Crippen LogP) is 2.43. The molecule has 0 amide bonds. The SMILES string of the molecule is CC(C)C(C)N=C(N)C(C)(C)C. The highest BCUT2D eigenvalue weighted by atomic mass is 14.9. The Bertz CT molecular complexity index is 163. The topological polar surface area (TPSA) is 38.4 Å². The van der Waals surface area contributed by atoms with E-state index in [2.05, 4.69) is 46.5 Å². The van der Waals surface area contributed by atoms with Gasteiger partial charge in [-0.15, -0.1) is 0 Å². The van der Waals surface area contributed by atoms with Gasteiger partial charge in [0.15, 0.2) is 0 Å². The first kappa shape index (κ1) is 11.5. The molecule has 0 bridgehead atoms. The third-order valence-corrected chi connectivity index (χ3v) is 2.08. The van der Waals surface area contributed by atoms with Crippen molar-refractivity contribution in [3.05, 3.63) is 0 Å². The molecule has 2 N–H and O–H groups in total. The zero-order chi connectivity index (χ0) is 9.94. The third-order valence-electron chi connectivity index (χ3n) is 2.08. The molecule has 0 saturated heterocycles. The Morgan fingerprint density at radius 1 is 1.17 bits per heavy atom. The van der Waals surface area contributed by atoms with Crippen molar-refractivity contribution in [1.82, 2.24) is 0 Å². The molecule has 0 rings (SSSR count). The van der Waals surface area contributed by atoms with Crippen LogP contribution in [0.5, 0.6) is 0 Å². The van der Waals surface area contributed by atoms with Crippen LogP contribution in [0.25, 0.3) is 0 Å². The number of nitrogens with two attached hydrogens (primary N) is 1. The van der Waals surface area contributed by atoms with Gasteiger partial charge < -0.3 is 5.73 Å². The Labute approximate surface area is 76.3 Å². The maximum Gasteiger partial charge on any atom is 0.0994 e. The minimum Gasteiger partial charge on any atom is -0.387 e. The lowest BCUT2D eigenvalue weighted by atomic mass is 9.95. The van der Waals surface area contributed by atoms with Gasteiger partial charge in [-0.1, -0.05) is 34.6 Å². The van der Waals surface area contributed by atoms with Crippen molar-refractivity contribution in [2.45, 2.75) is 47.6 Å². The highest BCUT2D eigenvalue weighted by Crippen LogP contribution is 2.15. The summed E-state index contributed by atoms with van der Waals surface area (Å²) >= 11 is 0. The van der Waals surface area contributed by atoms with Crippen LogP contribution < -0.4 is 5.73 Å². The second kappa shape index (κ2) is 3.92. The number of aliphatic imine (C=N–C) groups is 1. The molecule has 2 heteroatoms. The quantitative estimate of drug-likeness (QED) is 0.501. The lowest BCUT2D eigenvalue weighted by molar-refractivity contribution is 0.512. The van der Waals surface area contributed by atoms with Gasteiger partial charge >= 0.3 is 0 Å². The van der Waals surface area contributed by atoms with Crippen molar-refractivity contribution >= 4 is 5.84 Å². The van der Waals surface area contributed by atoms with Gasteiger partial charge in [-0.2, -0.15) is 0 Å². The van der Waals surface area contributed by atoms with Gasteiger partial charge in [-0.25, -0.2) is 0 Å². The normalized spacial score (nSPS) is 16.8. The van der Waals surface area contributed by atoms with E-state index in [0.717, 1.165) is 5.84 Å². The van der Waals surface area contributed by atoms with Gasteiger partial charge in [0.05, 0.1) is 11.9 Å². The smallest absolute Gasteiger partial charge is 0.0994 e. The van der Waals surface area contributed by atoms with Gasteiger partial charge in [0, 0.05) is 5.41 Å². The lowest BCUT2D eigenvalue weighted by Crippen LogP contribution is -2.31. The molecule has 0 heterocycles. The molecule has 0 aliphatic heterocycles. The van der Waals surface area contributed by atoms with Gasteiger partial charge in [0.2, 0.25) is 0 Å².